The third-order valence-corrected chi connectivity index (χ3v) is 4.13. The Morgan fingerprint density at radius 2 is 1.61 bits per heavy atom. The third-order valence-electron chi connectivity index (χ3n) is 3.77. The summed E-state index contributed by atoms with van der Waals surface area (Å²) in [5.74, 6) is -0.900. The molecule has 0 saturated heterocycles. The topological polar surface area (TPSA) is 78.9 Å². The fourth-order valence-electron chi connectivity index (χ4n) is 2.22. The number of hydrogen-bond acceptors (Lipinski definition) is 4. The molecule has 3 N–H and O–H groups in total. The van der Waals surface area contributed by atoms with E-state index < -0.39 is 40.7 Å². The number of rotatable bonds is 8. The molecular formula is C15H20ClF6N5O. The maximum Gasteiger partial charge on any atom is 0.435 e. The second kappa shape index (κ2) is 9.99. The molecule has 0 aliphatic heterocycles. The van der Waals surface area contributed by atoms with Crippen LogP contribution in [0.1, 0.15) is 50.9 Å². The van der Waals surface area contributed by atoms with E-state index in [9.17, 15) is 31.1 Å². The first-order valence-corrected chi connectivity index (χ1v) is 8.79. The van der Waals surface area contributed by atoms with Gasteiger partial charge in [-0.3, -0.25) is 5.43 Å². The molecule has 0 spiro atoms. The second-order valence-electron chi connectivity index (χ2n) is 5.93. The molecule has 1 rings (SSSR count). The molecule has 0 aliphatic rings. The van der Waals surface area contributed by atoms with Crippen molar-refractivity contribution in [3.63, 3.8) is 0 Å². The largest absolute Gasteiger partial charge is 0.435 e. The highest BCUT2D eigenvalue weighted by atomic mass is 35.5. The van der Waals surface area contributed by atoms with E-state index in [1.54, 1.807) is 0 Å². The van der Waals surface area contributed by atoms with Gasteiger partial charge in [-0.15, -0.1) is 0 Å². The maximum absolute atomic E-state index is 12.9. The van der Waals surface area contributed by atoms with Crippen molar-refractivity contribution in [2.24, 2.45) is 5.92 Å². The van der Waals surface area contributed by atoms with Crippen LogP contribution in [-0.2, 0) is 12.4 Å². The average Bonchev–Trinajstić information content (AvgIpc) is 2.58. The van der Waals surface area contributed by atoms with E-state index in [1.165, 1.54) is 0 Å². The van der Waals surface area contributed by atoms with Crippen molar-refractivity contribution in [2.75, 3.05) is 12.0 Å². The molecule has 0 radical (unpaired) electrons. The minimum Gasteiger partial charge on any atom is -0.336 e. The average molecular weight is 436 g/mol. The molecule has 13 heteroatoms. The lowest BCUT2D eigenvalue weighted by atomic mass is 9.99. The van der Waals surface area contributed by atoms with Crippen LogP contribution >= 0.6 is 11.6 Å². The number of alkyl halides is 6. The monoisotopic (exact) mass is 435 g/mol. The quantitative estimate of drug-likeness (QED) is 0.396. The van der Waals surface area contributed by atoms with Crippen molar-refractivity contribution in [3.05, 3.63) is 16.4 Å². The van der Waals surface area contributed by atoms with E-state index in [0.29, 0.717) is 6.54 Å². The van der Waals surface area contributed by atoms with Crippen LogP contribution in [0.2, 0.25) is 5.02 Å². The van der Waals surface area contributed by atoms with Crippen LogP contribution in [0.15, 0.2) is 0 Å². The maximum atomic E-state index is 12.9. The molecule has 0 aromatic carbocycles. The number of carbonyl (C=O) groups excluding carboxylic acids is 1. The third kappa shape index (κ3) is 7.21. The van der Waals surface area contributed by atoms with Crippen LogP contribution in [-0.4, -0.2) is 22.5 Å². The number of hydrogen-bond donors (Lipinski definition) is 3. The number of nitrogens with zero attached hydrogens (tertiary/aromatic N) is 2. The summed E-state index contributed by atoms with van der Waals surface area (Å²) in [6.07, 6.45) is -6.85. The number of halogens is 7. The summed E-state index contributed by atoms with van der Waals surface area (Å²) in [6, 6.07) is -0.851. The Balaban J connectivity index is 2.85. The number of aromatic nitrogens is 2. The van der Waals surface area contributed by atoms with Gasteiger partial charge in [-0.25, -0.2) is 20.2 Å². The van der Waals surface area contributed by atoms with Gasteiger partial charge < -0.3 is 5.32 Å². The number of hydrazine groups is 1. The summed E-state index contributed by atoms with van der Waals surface area (Å²) in [7, 11) is 0. The van der Waals surface area contributed by atoms with Crippen LogP contribution < -0.4 is 16.2 Å². The van der Waals surface area contributed by atoms with E-state index in [4.69, 9.17) is 11.6 Å². The minimum absolute atomic E-state index is 0.200. The summed E-state index contributed by atoms with van der Waals surface area (Å²) in [5, 5.41) is 0.806. The Morgan fingerprint density at radius 3 is 2.04 bits per heavy atom. The summed E-state index contributed by atoms with van der Waals surface area (Å²) in [4.78, 5) is 17.6. The van der Waals surface area contributed by atoms with Crippen molar-refractivity contribution >= 4 is 23.6 Å². The standard InChI is InChI=1S/C15H20ClF6N5O/c1-3-5-6-8(4-2)7-23-13(28)27-26-12-24-10(14(17,18)19)9(16)11(25-12)15(20,21)22/h8H,3-7H2,1-2H3,(H2,23,27,28)(H,24,25,26). The first kappa shape index (κ1) is 24.1. The molecular weight excluding hydrogens is 416 g/mol. The molecule has 1 aromatic heterocycles. The highest BCUT2D eigenvalue weighted by Crippen LogP contribution is 2.40. The van der Waals surface area contributed by atoms with Crippen molar-refractivity contribution in [1.82, 2.24) is 20.7 Å². The van der Waals surface area contributed by atoms with Crippen molar-refractivity contribution in [3.8, 4) is 0 Å². The highest BCUT2D eigenvalue weighted by Gasteiger charge is 2.43. The lowest BCUT2D eigenvalue weighted by Gasteiger charge is -2.17. The molecule has 1 aromatic rings. The normalized spacial score (nSPS) is 13.2. The summed E-state index contributed by atoms with van der Waals surface area (Å²) in [5.41, 5.74) is -0.185. The van der Waals surface area contributed by atoms with Gasteiger partial charge in [-0.1, -0.05) is 44.7 Å². The number of carbonyl (C=O) groups is 1. The summed E-state index contributed by atoms with van der Waals surface area (Å²) in [6.45, 7) is 4.26. The van der Waals surface area contributed by atoms with E-state index in [0.717, 1.165) is 25.7 Å². The molecule has 0 bridgehead atoms. The van der Waals surface area contributed by atoms with Crippen LogP contribution in [0.4, 0.5) is 37.1 Å². The number of nitrogens with one attached hydrogen (secondary N) is 3. The zero-order valence-corrected chi connectivity index (χ0v) is 15.8. The second-order valence-corrected chi connectivity index (χ2v) is 6.31. The van der Waals surface area contributed by atoms with Crippen LogP contribution in [0.3, 0.4) is 0 Å². The Bertz CT molecular complexity index is 632. The van der Waals surface area contributed by atoms with E-state index in [-0.39, 0.29) is 5.92 Å². The predicted octanol–water partition coefficient (Wildman–Crippen LogP) is 5.01. The Hall–Kier alpha value is -1.98. The number of urea groups is 1. The molecule has 1 atom stereocenters. The molecule has 0 aliphatic carbocycles. The first-order chi connectivity index (χ1) is 12.9. The molecule has 1 heterocycles. The van der Waals surface area contributed by atoms with Gasteiger partial charge >= 0.3 is 18.4 Å². The van der Waals surface area contributed by atoms with E-state index >= 15 is 0 Å². The van der Waals surface area contributed by atoms with E-state index in [1.807, 2.05) is 24.7 Å². The van der Waals surface area contributed by atoms with Gasteiger partial charge in [-0.05, 0) is 12.3 Å². The Kier molecular flexibility index (Phi) is 8.58. The SMILES string of the molecule is CCCCC(CC)CNC(=O)NNc1nc(C(F)(F)F)c(Cl)c(C(F)(F)F)n1. The number of anilines is 1. The van der Waals surface area contributed by atoms with Gasteiger partial charge in [0, 0.05) is 6.54 Å². The van der Waals surface area contributed by atoms with Crippen molar-refractivity contribution in [2.45, 2.75) is 51.9 Å². The van der Waals surface area contributed by atoms with Gasteiger partial charge in [0.05, 0.1) is 0 Å². The summed E-state index contributed by atoms with van der Waals surface area (Å²) < 4.78 is 77.3. The van der Waals surface area contributed by atoms with Crippen LogP contribution in [0.5, 0.6) is 0 Å². The molecule has 0 saturated carbocycles. The van der Waals surface area contributed by atoms with Gasteiger partial charge in [0.2, 0.25) is 5.95 Å². The van der Waals surface area contributed by atoms with Gasteiger partial charge in [-0.2, -0.15) is 26.3 Å². The molecule has 1 unspecified atom stereocenters. The van der Waals surface area contributed by atoms with Gasteiger partial charge in [0.25, 0.3) is 0 Å². The first-order valence-electron chi connectivity index (χ1n) is 8.41. The molecule has 160 valence electrons. The predicted molar refractivity (Wildman–Crippen MR) is 90.5 cm³/mol. The number of unbranched alkanes of at least 4 members (excludes halogenated alkanes) is 1. The summed E-state index contributed by atoms with van der Waals surface area (Å²) >= 11 is 5.16. The molecule has 6 nitrogen and oxygen atoms in total. The lowest BCUT2D eigenvalue weighted by molar-refractivity contribution is -0.147. The highest BCUT2D eigenvalue weighted by molar-refractivity contribution is 6.32. The zero-order chi connectivity index (χ0) is 21.5. The van der Waals surface area contributed by atoms with Crippen LogP contribution in [0, 0.1) is 5.92 Å². The molecule has 28 heavy (non-hydrogen) atoms. The van der Waals surface area contributed by atoms with Gasteiger partial charge in [0.1, 0.15) is 5.02 Å². The van der Waals surface area contributed by atoms with Crippen molar-refractivity contribution < 1.29 is 31.1 Å². The zero-order valence-electron chi connectivity index (χ0n) is 15.1. The smallest absolute Gasteiger partial charge is 0.336 e. The molecule has 0 fully saturated rings. The van der Waals surface area contributed by atoms with E-state index in [2.05, 4.69) is 15.3 Å². The fraction of sp³-hybridized carbons (Fsp3) is 0.667. The number of amides is 2. The lowest BCUT2D eigenvalue weighted by Crippen LogP contribution is -2.41. The van der Waals surface area contributed by atoms with Gasteiger partial charge in [0.15, 0.2) is 11.4 Å². The molecule has 2 amide bonds. The Labute approximate surface area is 162 Å². The Morgan fingerprint density at radius 1 is 1.07 bits per heavy atom. The van der Waals surface area contributed by atoms with Crippen LogP contribution in [0.25, 0.3) is 0 Å². The van der Waals surface area contributed by atoms with Crippen molar-refractivity contribution in [1.29, 1.82) is 0 Å². The minimum atomic E-state index is -5.24. The fourth-order valence-corrected chi connectivity index (χ4v) is 2.51.